The zero-order valence-electron chi connectivity index (χ0n) is 10.4. The Bertz CT molecular complexity index is 349. The first-order valence-electron chi connectivity index (χ1n) is 5.94. The van der Waals surface area contributed by atoms with E-state index in [9.17, 15) is 4.79 Å². The van der Waals surface area contributed by atoms with Crippen LogP contribution in [0.25, 0.3) is 0 Å². The Morgan fingerprint density at radius 1 is 1.50 bits per heavy atom. The maximum atomic E-state index is 12.0. The van der Waals surface area contributed by atoms with Gasteiger partial charge in [0.2, 0.25) is 5.91 Å². The van der Waals surface area contributed by atoms with Gasteiger partial charge < -0.3 is 10.2 Å². The average molecular weight is 275 g/mol. The van der Waals surface area contributed by atoms with Gasteiger partial charge in [0.25, 0.3) is 0 Å². The molecular weight excluding hydrogens is 256 g/mol. The summed E-state index contributed by atoms with van der Waals surface area (Å²) in [5, 5.41) is 14.1. The number of amides is 1. The van der Waals surface area contributed by atoms with Crippen LogP contribution >= 0.6 is 12.4 Å². The third-order valence-corrected chi connectivity index (χ3v) is 3.18. The lowest BCUT2D eigenvalue weighted by molar-refractivity contribution is -0.133. The van der Waals surface area contributed by atoms with Crippen LogP contribution in [-0.4, -0.2) is 57.2 Å². The van der Waals surface area contributed by atoms with Gasteiger partial charge in [-0.05, 0) is 42.8 Å². The number of hydrogen-bond acceptors (Lipinski definition) is 5. The molecule has 0 aromatic carbocycles. The molecule has 1 aromatic heterocycles. The molecule has 0 aliphatic carbocycles. The third-order valence-electron chi connectivity index (χ3n) is 3.18. The fourth-order valence-corrected chi connectivity index (χ4v) is 2.09. The van der Waals surface area contributed by atoms with Crippen LogP contribution in [0, 0.1) is 0 Å². The maximum Gasteiger partial charge on any atom is 0.244 e. The molecule has 1 fully saturated rings. The van der Waals surface area contributed by atoms with E-state index >= 15 is 0 Å². The lowest BCUT2D eigenvalue weighted by atomic mass is 10.1. The van der Waals surface area contributed by atoms with Crippen molar-refractivity contribution in [3.05, 3.63) is 6.33 Å². The smallest absolute Gasteiger partial charge is 0.244 e. The van der Waals surface area contributed by atoms with Gasteiger partial charge in [-0.1, -0.05) is 0 Å². The first kappa shape index (κ1) is 14.8. The number of likely N-dealkylation sites (N-methyl/N-ethyl adjacent to an activating group) is 1. The minimum absolute atomic E-state index is 0. The van der Waals surface area contributed by atoms with E-state index < -0.39 is 0 Å². The average Bonchev–Trinajstić information content (AvgIpc) is 2.68. The number of carbonyl (C=O) groups is 1. The quantitative estimate of drug-likeness (QED) is 0.819. The minimum Gasteiger partial charge on any atom is -0.341 e. The molecule has 0 radical (unpaired) electrons. The Morgan fingerprint density at radius 3 is 3.06 bits per heavy atom. The van der Waals surface area contributed by atoms with Gasteiger partial charge in [-0.2, -0.15) is 0 Å². The molecule has 102 valence electrons. The molecule has 1 unspecified atom stereocenters. The molecule has 8 heteroatoms. The third kappa shape index (κ3) is 3.92. The second-order valence-electron chi connectivity index (χ2n) is 4.35. The number of nitrogens with zero attached hydrogens (tertiary/aromatic N) is 5. The zero-order chi connectivity index (χ0) is 12.1. The molecule has 1 aromatic rings. The molecule has 1 saturated heterocycles. The highest BCUT2D eigenvalue weighted by Gasteiger charge is 2.21. The van der Waals surface area contributed by atoms with Crippen molar-refractivity contribution in [3.8, 4) is 0 Å². The summed E-state index contributed by atoms with van der Waals surface area (Å²) >= 11 is 0. The van der Waals surface area contributed by atoms with Gasteiger partial charge >= 0.3 is 0 Å². The summed E-state index contributed by atoms with van der Waals surface area (Å²) in [5.74, 6) is 0.0594. The van der Waals surface area contributed by atoms with Crippen LogP contribution < -0.4 is 5.32 Å². The summed E-state index contributed by atoms with van der Waals surface area (Å²) in [7, 11) is 1.86. The van der Waals surface area contributed by atoms with Gasteiger partial charge in [0, 0.05) is 13.1 Å². The number of hydrogen-bond donors (Lipinski definition) is 1. The van der Waals surface area contributed by atoms with Crippen molar-refractivity contribution >= 4 is 18.3 Å². The highest BCUT2D eigenvalue weighted by molar-refractivity contribution is 5.85. The number of rotatable bonds is 3. The molecule has 0 spiro atoms. The lowest BCUT2D eigenvalue weighted by Crippen LogP contribution is -2.39. The monoisotopic (exact) mass is 274 g/mol. The van der Waals surface area contributed by atoms with Crippen molar-refractivity contribution < 1.29 is 4.79 Å². The van der Waals surface area contributed by atoms with Crippen LogP contribution in [0.3, 0.4) is 0 Å². The molecule has 1 N–H and O–H groups in total. The van der Waals surface area contributed by atoms with E-state index in [-0.39, 0.29) is 24.9 Å². The number of halogens is 1. The normalized spacial score (nSPS) is 19.7. The summed E-state index contributed by atoms with van der Waals surface area (Å²) in [6.07, 6.45) is 4.65. The van der Waals surface area contributed by atoms with E-state index in [1.165, 1.54) is 11.0 Å². The molecule has 0 saturated carbocycles. The van der Waals surface area contributed by atoms with Crippen LogP contribution in [0.5, 0.6) is 0 Å². The second-order valence-corrected chi connectivity index (χ2v) is 4.35. The Kier molecular flexibility index (Phi) is 6.00. The minimum atomic E-state index is 0. The fourth-order valence-electron chi connectivity index (χ4n) is 2.09. The number of tetrazole rings is 1. The molecular formula is C10H19ClN6O. The standard InChI is InChI=1S/C10H18N6O.ClH/c1-15(9-3-2-5-11-6-4-9)10(17)7-16-8-12-13-14-16;/h8-9,11H,2-7H2,1H3;1H. The molecule has 2 rings (SSSR count). The Morgan fingerprint density at radius 2 is 2.33 bits per heavy atom. The molecule has 0 bridgehead atoms. The molecule has 2 heterocycles. The Balaban J connectivity index is 0.00000162. The molecule has 1 atom stereocenters. The van der Waals surface area contributed by atoms with E-state index in [0.29, 0.717) is 6.04 Å². The highest BCUT2D eigenvalue weighted by atomic mass is 35.5. The fraction of sp³-hybridized carbons (Fsp3) is 0.800. The van der Waals surface area contributed by atoms with Gasteiger partial charge in [0.05, 0.1) is 0 Å². The Labute approximate surface area is 112 Å². The van der Waals surface area contributed by atoms with Crippen molar-refractivity contribution in [2.24, 2.45) is 0 Å². The predicted molar refractivity (Wildman–Crippen MR) is 68.3 cm³/mol. The van der Waals surface area contributed by atoms with Crippen molar-refractivity contribution in [1.29, 1.82) is 0 Å². The van der Waals surface area contributed by atoms with Gasteiger partial charge in [-0.15, -0.1) is 17.5 Å². The molecule has 1 amide bonds. The summed E-state index contributed by atoms with van der Waals surface area (Å²) in [5.41, 5.74) is 0. The topological polar surface area (TPSA) is 75.9 Å². The van der Waals surface area contributed by atoms with E-state index in [2.05, 4.69) is 20.8 Å². The number of aromatic nitrogens is 4. The summed E-state index contributed by atoms with van der Waals surface area (Å²) in [6, 6.07) is 0.328. The van der Waals surface area contributed by atoms with Gasteiger partial charge in [0.1, 0.15) is 12.9 Å². The van der Waals surface area contributed by atoms with Crippen molar-refractivity contribution in [2.45, 2.75) is 31.8 Å². The SMILES string of the molecule is CN(C(=O)Cn1cnnn1)C1CCCNCC1.Cl. The van der Waals surface area contributed by atoms with Gasteiger partial charge in [-0.3, -0.25) is 4.79 Å². The van der Waals surface area contributed by atoms with Crippen molar-refractivity contribution in [2.75, 3.05) is 20.1 Å². The molecule has 1 aliphatic rings. The maximum absolute atomic E-state index is 12.0. The van der Waals surface area contributed by atoms with Crippen LogP contribution in [0.2, 0.25) is 0 Å². The summed E-state index contributed by atoms with van der Waals surface area (Å²) in [4.78, 5) is 13.8. The number of nitrogens with one attached hydrogen (secondary N) is 1. The van der Waals surface area contributed by atoms with E-state index in [0.717, 1.165) is 32.4 Å². The first-order chi connectivity index (χ1) is 8.27. The predicted octanol–water partition coefficient (Wildman–Crippen LogP) is -0.305. The summed E-state index contributed by atoms with van der Waals surface area (Å²) in [6.45, 7) is 2.24. The van der Waals surface area contributed by atoms with Crippen molar-refractivity contribution in [3.63, 3.8) is 0 Å². The van der Waals surface area contributed by atoms with Gasteiger partial charge in [-0.25, -0.2) is 4.68 Å². The van der Waals surface area contributed by atoms with Crippen LogP contribution in [0.4, 0.5) is 0 Å². The highest BCUT2D eigenvalue weighted by Crippen LogP contribution is 2.12. The van der Waals surface area contributed by atoms with Crippen LogP contribution in [0.1, 0.15) is 19.3 Å². The van der Waals surface area contributed by atoms with E-state index in [1.807, 2.05) is 11.9 Å². The van der Waals surface area contributed by atoms with E-state index in [1.54, 1.807) is 0 Å². The largest absolute Gasteiger partial charge is 0.341 e. The Hall–Kier alpha value is -1.21. The molecule has 1 aliphatic heterocycles. The van der Waals surface area contributed by atoms with Gasteiger partial charge in [0.15, 0.2) is 0 Å². The summed E-state index contributed by atoms with van der Waals surface area (Å²) < 4.78 is 1.45. The second kappa shape index (κ2) is 7.27. The van der Waals surface area contributed by atoms with Crippen molar-refractivity contribution in [1.82, 2.24) is 30.4 Å². The van der Waals surface area contributed by atoms with Crippen LogP contribution in [0.15, 0.2) is 6.33 Å². The first-order valence-corrected chi connectivity index (χ1v) is 5.94. The zero-order valence-corrected chi connectivity index (χ0v) is 11.3. The molecule has 7 nitrogen and oxygen atoms in total. The molecule has 18 heavy (non-hydrogen) atoms. The van der Waals surface area contributed by atoms with E-state index in [4.69, 9.17) is 0 Å². The number of carbonyl (C=O) groups excluding carboxylic acids is 1. The lowest BCUT2D eigenvalue weighted by Gasteiger charge is -2.26. The van der Waals surface area contributed by atoms with Crippen LogP contribution in [-0.2, 0) is 11.3 Å².